The van der Waals surface area contributed by atoms with E-state index < -0.39 is 17.9 Å². The van der Waals surface area contributed by atoms with Gasteiger partial charge < -0.3 is 9.64 Å². The summed E-state index contributed by atoms with van der Waals surface area (Å²) in [4.78, 5) is 16.7. The molecular weight excluding hydrogens is 326 g/mol. The summed E-state index contributed by atoms with van der Waals surface area (Å²) in [6.45, 7) is 0.134. The summed E-state index contributed by atoms with van der Waals surface area (Å²) in [7, 11) is 0. The number of carbonyl (C=O) groups is 1. The number of cyclic esters (lactones) is 1. The Bertz CT molecular complexity index is 699. The third-order valence-corrected chi connectivity index (χ3v) is 3.83. The van der Waals surface area contributed by atoms with Crippen molar-refractivity contribution in [3.8, 4) is 0 Å². The monoisotopic (exact) mass is 338 g/mol. The van der Waals surface area contributed by atoms with Gasteiger partial charge in [-0.3, -0.25) is 0 Å². The van der Waals surface area contributed by atoms with E-state index >= 15 is 0 Å². The molecule has 0 bridgehead atoms. The number of allylic oxidation sites excluding steroid dienone is 2. The zero-order chi connectivity index (χ0) is 16.4. The molecule has 0 saturated carbocycles. The molecule has 23 heavy (non-hydrogen) atoms. The van der Waals surface area contributed by atoms with E-state index in [2.05, 4.69) is 4.98 Å². The minimum Gasteiger partial charge on any atom is -0.456 e. The molecule has 1 aromatic heterocycles. The van der Waals surface area contributed by atoms with Crippen molar-refractivity contribution >= 4 is 17.6 Å². The molecule has 1 aromatic rings. The highest BCUT2D eigenvalue weighted by molar-refractivity contribution is 6.29. The van der Waals surface area contributed by atoms with E-state index in [9.17, 15) is 13.6 Å². The molecule has 7 heteroatoms. The van der Waals surface area contributed by atoms with Crippen molar-refractivity contribution in [3.63, 3.8) is 0 Å². The van der Waals surface area contributed by atoms with Crippen LogP contribution in [-0.4, -0.2) is 34.4 Å². The lowest BCUT2D eigenvalue weighted by molar-refractivity contribution is -0.135. The van der Waals surface area contributed by atoms with Crippen LogP contribution < -0.4 is 0 Å². The first-order chi connectivity index (χ1) is 11.0. The molecule has 1 aliphatic carbocycles. The maximum atomic E-state index is 14.3. The Morgan fingerprint density at radius 3 is 2.83 bits per heavy atom. The smallest absolute Gasteiger partial charge is 0.333 e. The molecule has 120 valence electrons. The summed E-state index contributed by atoms with van der Waals surface area (Å²) >= 11 is 5.75. The molecule has 0 radical (unpaired) electrons. The number of alkyl halides is 2. The predicted octanol–water partition coefficient (Wildman–Crippen LogP) is 3.11. The van der Waals surface area contributed by atoms with E-state index in [0.29, 0.717) is 16.4 Å². The van der Waals surface area contributed by atoms with Gasteiger partial charge in [-0.25, -0.2) is 9.78 Å². The molecule has 0 saturated heterocycles. The zero-order valence-corrected chi connectivity index (χ0v) is 12.7. The number of pyridine rings is 1. The normalized spacial score (nSPS) is 22.0. The fraction of sp³-hybridized carbons (Fsp3) is 0.250. The van der Waals surface area contributed by atoms with Gasteiger partial charge in [0.15, 0.2) is 0 Å². The lowest BCUT2D eigenvalue weighted by Gasteiger charge is -2.36. The van der Waals surface area contributed by atoms with Gasteiger partial charge >= 0.3 is 5.97 Å². The number of esters is 1. The maximum Gasteiger partial charge on any atom is 0.333 e. The summed E-state index contributed by atoms with van der Waals surface area (Å²) in [5.41, 5.74) is 1.11. The van der Waals surface area contributed by atoms with Gasteiger partial charge in [0.1, 0.15) is 17.8 Å². The summed E-state index contributed by atoms with van der Waals surface area (Å²) in [6, 6.07) is 2.10. The Labute approximate surface area is 136 Å². The highest BCUT2D eigenvalue weighted by Gasteiger charge is 2.42. The summed E-state index contributed by atoms with van der Waals surface area (Å²) < 4.78 is 33.4. The first kappa shape index (κ1) is 15.7. The zero-order valence-electron chi connectivity index (χ0n) is 12.0. The molecule has 0 N–H and O–H groups in total. The lowest BCUT2D eigenvalue weighted by atomic mass is 10.0. The predicted molar refractivity (Wildman–Crippen MR) is 80.8 cm³/mol. The van der Waals surface area contributed by atoms with Crippen LogP contribution >= 0.6 is 11.6 Å². The van der Waals surface area contributed by atoms with Crippen LogP contribution in [0.4, 0.5) is 8.78 Å². The van der Waals surface area contributed by atoms with Crippen LogP contribution in [-0.2, 0) is 16.1 Å². The minimum absolute atomic E-state index is 0.0238. The van der Waals surface area contributed by atoms with Crippen LogP contribution in [0.2, 0.25) is 5.15 Å². The van der Waals surface area contributed by atoms with Crippen molar-refractivity contribution in [1.82, 2.24) is 9.88 Å². The highest BCUT2D eigenvalue weighted by Crippen LogP contribution is 2.33. The van der Waals surface area contributed by atoms with Crippen molar-refractivity contribution in [2.24, 2.45) is 0 Å². The molecule has 1 unspecified atom stereocenters. The standard InChI is InChI=1S/C16H13ClF2N2O2/c17-14-5-4-11(8-20-14)9-21(12-7-15(22)23-10-12)13-3-1-2-6-16(13,18)19/h1-8,13H,9-10H2. The van der Waals surface area contributed by atoms with Gasteiger partial charge in [-0.2, -0.15) is 8.78 Å². The highest BCUT2D eigenvalue weighted by atomic mass is 35.5. The van der Waals surface area contributed by atoms with E-state index in [0.717, 1.165) is 6.08 Å². The van der Waals surface area contributed by atoms with E-state index in [1.54, 1.807) is 18.2 Å². The SMILES string of the molecule is O=C1C=C(N(Cc2ccc(Cl)nc2)C2C=CC=CC2(F)F)CO1. The van der Waals surface area contributed by atoms with Crippen LogP contribution in [0.3, 0.4) is 0 Å². The average Bonchev–Trinajstić information content (AvgIpc) is 2.93. The van der Waals surface area contributed by atoms with Gasteiger partial charge in [0.05, 0.1) is 5.70 Å². The van der Waals surface area contributed by atoms with E-state index in [1.165, 1.54) is 29.3 Å². The topological polar surface area (TPSA) is 42.4 Å². The van der Waals surface area contributed by atoms with Gasteiger partial charge in [0, 0.05) is 18.8 Å². The number of rotatable bonds is 4. The second kappa shape index (κ2) is 6.12. The summed E-state index contributed by atoms with van der Waals surface area (Å²) in [5.74, 6) is -3.58. The molecular formula is C16H13ClF2N2O2. The second-order valence-corrected chi connectivity index (χ2v) is 5.61. The lowest BCUT2D eigenvalue weighted by Crippen LogP contribution is -2.46. The first-order valence-electron chi connectivity index (χ1n) is 6.94. The maximum absolute atomic E-state index is 14.3. The van der Waals surface area contributed by atoms with Crippen LogP contribution in [0.15, 0.2) is 54.4 Å². The fourth-order valence-electron chi connectivity index (χ4n) is 2.50. The Kier molecular flexibility index (Phi) is 4.17. The molecule has 0 amide bonds. The second-order valence-electron chi connectivity index (χ2n) is 5.22. The molecule has 0 fully saturated rings. The number of halogens is 3. The van der Waals surface area contributed by atoms with Gasteiger partial charge in [-0.1, -0.05) is 35.9 Å². The van der Waals surface area contributed by atoms with Crippen LogP contribution in [0.5, 0.6) is 0 Å². The van der Waals surface area contributed by atoms with Crippen molar-refractivity contribution in [2.45, 2.75) is 18.5 Å². The Morgan fingerprint density at radius 1 is 1.39 bits per heavy atom. The van der Waals surface area contributed by atoms with E-state index in [4.69, 9.17) is 16.3 Å². The molecule has 4 nitrogen and oxygen atoms in total. The largest absolute Gasteiger partial charge is 0.456 e. The molecule has 1 aliphatic heterocycles. The van der Waals surface area contributed by atoms with Crippen LogP contribution in [0, 0.1) is 0 Å². The Morgan fingerprint density at radius 2 is 2.22 bits per heavy atom. The van der Waals surface area contributed by atoms with Crippen molar-refractivity contribution < 1.29 is 18.3 Å². The van der Waals surface area contributed by atoms with Crippen molar-refractivity contribution in [1.29, 1.82) is 0 Å². The van der Waals surface area contributed by atoms with Crippen molar-refractivity contribution in [2.75, 3.05) is 6.61 Å². The van der Waals surface area contributed by atoms with Gasteiger partial charge in [0.25, 0.3) is 5.92 Å². The van der Waals surface area contributed by atoms with Crippen LogP contribution in [0.25, 0.3) is 0 Å². The molecule has 3 rings (SSSR count). The first-order valence-corrected chi connectivity index (χ1v) is 7.32. The number of hydrogen-bond donors (Lipinski definition) is 0. The fourth-order valence-corrected chi connectivity index (χ4v) is 2.61. The number of hydrogen-bond acceptors (Lipinski definition) is 4. The molecule has 0 aromatic carbocycles. The van der Waals surface area contributed by atoms with Crippen molar-refractivity contribution in [3.05, 3.63) is 65.1 Å². The van der Waals surface area contributed by atoms with E-state index in [-0.39, 0.29) is 13.2 Å². The third-order valence-electron chi connectivity index (χ3n) is 3.61. The Hall–Kier alpha value is -2.21. The quantitative estimate of drug-likeness (QED) is 0.625. The summed E-state index contributed by atoms with van der Waals surface area (Å²) in [5, 5.41) is 0.324. The Balaban J connectivity index is 1.92. The molecule has 2 aliphatic rings. The average molecular weight is 339 g/mol. The van der Waals surface area contributed by atoms with Crippen LogP contribution in [0.1, 0.15) is 5.56 Å². The van der Waals surface area contributed by atoms with Gasteiger partial charge in [-0.05, 0) is 17.7 Å². The van der Waals surface area contributed by atoms with Gasteiger partial charge in [-0.15, -0.1) is 0 Å². The minimum atomic E-state index is -3.05. The third kappa shape index (κ3) is 3.42. The van der Waals surface area contributed by atoms with Gasteiger partial charge in [0.2, 0.25) is 0 Å². The number of aromatic nitrogens is 1. The number of ether oxygens (including phenoxy) is 1. The number of carbonyl (C=O) groups excluding carboxylic acids is 1. The molecule has 1 atom stereocenters. The van der Waals surface area contributed by atoms with E-state index in [1.807, 2.05) is 0 Å². The number of nitrogens with zero attached hydrogens (tertiary/aromatic N) is 2. The molecule has 0 spiro atoms. The summed E-state index contributed by atoms with van der Waals surface area (Å²) in [6.07, 6.45) is 7.90. The molecule has 2 heterocycles.